The predicted octanol–water partition coefficient (Wildman–Crippen LogP) is 2.55. The number of rotatable bonds is 5. The topological polar surface area (TPSA) is 48.8 Å². The van der Waals surface area contributed by atoms with Gasteiger partial charge in [0.15, 0.2) is 0 Å². The molecule has 30 heavy (non-hydrogen) atoms. The molecule has 160 valence electrons. The van der Waals surface area contributed by atoms with Gasteiger partial charge in [-0.15, -0.1) is 0 Å². The Balaban J connectivity index is 1.29. The quantitative estimate of drug-likeness (QED) is 0.764. The number of benzene rings is 1. The van der Waals surface area contributed by atoms with Gasteiger partial charge in [0.25, 0.3) is 5.91 Å². The van der Waals surface area contributed by atoms with E-state index in [1.54, 1.807) is 0 Å². The van der Waals surface area contributed by atoms with Crippen LogP contribution in [-0.2, 0) is 11.3 Å². The summed E-state index contributed by atoms with van der Waals surface area (Å²) in [6.45, 7) is 5.76. The van der Waals surface area contributed by atoms with E-state index in [0.717, 1.165) is 57.8 Å². The second kappa shape index (κ2) is 9.47. The number of aromatic nitrogens is 1. The van der Waals surface area contributed by atoms with Crippen molar-refractivity contribution >= 4 is 11.8 Å². The number of nitrogens with zero attached hydrogens (tertiary/aromatic N) is 4. The lowest BCUT2D eigenvalue weighted by Gasteiger charge is -2.35. The number of carbonyl (C=O) groups excluding carboxylic acids is 2. The third kappa shape index (κ3) is 4.93. The molecule has 2 aliphatic heterocycles. The van der Waals surface area contributed by atoms with Crippen LogP contribution in [0.25, 0.3) is 0 Å². The first-order valence-electron chi connectivity index (χ1n) is 11.0. The Hall–Kier alpha value is -2.60. The van der Waals surface area contributed by atoms with E-state index in [0.29, 0.717) is 18.9 Å². The van der Waals surface area contributed by atoms with Crippen LogP contribution < -0.4 is 0 Å². The molecule has 2 saturated heterocycles. The molecule has 3 heterocycles. The van der Waals surface area contributed by atoms with E-state index in [4.69, 9.17) is 0 Å². The molecule has 0 atom stereocenters. The van der Waals surface area contributed by atoms with Crippen molar-refractivity contribution in [3.63, 3.8) is 0 Å². The monoisotopic (exact) mass is 408 g/mol. The van der Waals surface area contributed by atoms with Gasteiger partial charge in [-0.1, -0.05) is 30.3 Å². The molecule has 0 aliphatic carbocycles. The minimum Gasteiger partial charge on any atom is -0.340 e. The Morgan fingerprint density at radius 2 is 1.57 bits per heavy atom. The largest absolute Gasteiger partial charge is 0.340 e. The van der Waals surface area contributed by atoms with Gasteiger partial charge in [-0.05, 0) is 43.5 Å². The van der Waals surface area contributed by atoms with Crippen molar-refractivity contribution in [3.05, 3.63) is 59.9 Å². The van der Waals surface area contributed by atoms with Gasteiger partial charge in [-0.25, -0.2) is 0 Å². The molecule has 2 fully saturated rings. The summed E-state index contributed by atoms with van der Waals surface area (Å²) in [5.41, 5.74) is 1.93. The molecule has 0 N–H and O–H groups in total. The third-order valence-corrected chi connectivity index (χ3v) is 6.47. The number of piperidine rings is 1. The maximum Gasteiger partial charge on any atom is 0.270 e. The second-order valence-corrected chi connectivity index (χ2v) is 8.63. The van der Waals surface area contributed by atoms with Crippen LogP contribution in [0, 0.1) is 5.92 Å². The third-order valence-electron chi connectivity index (χ3n) is 6.47. The van der Waals surface area contributed by atoms with Gasteiger partial charge in [0.05, 0.1) is 0 Å². The van der Waals surface area contributed by atoms with Crippen LogP contribution in [0.2, 0.25) is 0 Å². The fourth-order valence-electron chi connectivity index (χ4n) is 4.46. The van der Waals surface area contributed by atoms with Crippen molar-refractivity contribution in [1.82, 2.24) is 19.3 Å². The molecular weight excluding hydrogens is 376 g/mol. The molecule has 6 nitrogen and oxygen atoms in total. The highest BCUT2D eigenvalue weighted by molar-refractivity contribution is 5.93. The SMILES string of the molecule is CN1CCN(C(=O)CC2CCN(C(=O)c3cccn3Cc3ccccc3)CC2)CC1. The van der Waals surface area contributed by atoms with E-state index < -0.39 is 0 Å². The first kappa shape index (κ1) is 20.7. The molecule has 0 bridgehead atoms. The number of amides is 2. The van der Waals surface area contributed by atoms with Gasteiger partial charge >= 0.3 is 0 Å². The van der Waals surface area contributed by atoms with Crippen molar-refractivity contribution in [3.8, 4) is 0 Å². The Morgan fingerprint density at radius 3 is 2.27 bits per heavy atom. The van der Waals surface area contributed by atoms with Gasteiger partial charge in [0, 0.05) is 58.4 Å². The highest BCUT2D eigenvalue weighted by Crippen LogP contribution is 2.23. The maximum atomic E-state index is 13.1. The van der Waals surface area contributed by atoms with Crippen LogP contribution >= 0.6 is 0 Å². The fourth-order valence-corrected chi connectivity index (χ4v) is 4.46. The molecule has 0 radical (unpaired) electrons. The van der Waals surface area contributed by atoms with Crippen LogP contribution in [0.4, 0.5) is 0 Å². The Labute approximate surface area is 179 Å². The molecule has 2 aliphatic rings. The fraction of sp³-hybridized carbons (Fsp3) is 0.500. The molecule has 6 heteroatoms. The highest BCUT2D eigenvalue weighted by Gasteiger charge is 2.28. The smallest absolute Gasteiger partial charge is 0.270 e. The van der Waals surface area contributed by atoms with Gasteiger partial charge in [-0.3, -0.25) is 9.59 Å². The van der Waals surface area contributed by atoms with Crippen molar-refractivity contribution in [1.29, 1.82) is 0 Å². The van der Waals surface area contributed by atoms with Crippen molar-refractivity contribution < 1.29 is 9.59 Å². The molecule has 1 aromatic heterocycles. The maximum absolute atomic E-state index is 13.1. The Bertz CT molecular complexity index is 847. The zero-order chi connectivity index (χ0) is 20.9. The summed E-state index contributed by atoms with van der Waals surface area (Å²) in [5, 5.41) is 0. The summed E-state index contributed by atoms with van der Waals surface area (Å²) in [4.78, 5) is 31.9. The van der Waals surface area contributed by atoms with E-state index >= 15 is 0 Å². The lowest BCUT2D eigenvalue weighted by molar-refractivity contribution is -0.134. The summed E-state index contributed by atoms with van der Waals surface area (Å²) in [6, 6.07) is 14.1. The Morgan fingerprint density at radius 1 is 0.867 bits per heavy atom. The standard InChI is InChI=1S/C24H32N4O2/c1-25-14-16-26(17-15-25)23(29)18-20-9-12-27(13-10-20)24(30)22-8-5-11-28(22)19-21-6-3-2-4-7-21/h2-8,11,20H,9-10,12-19H2,1H3. The predicted molar refractivity (Wildman–Crippen MR) is 117 cm³/mol. The lowest BCUT2D eigenvalue weighted by Crippen LogP contribution is -2.48. The number of hydrogen-bond acceptors (Lipinski definition) is 3. The van der Waals surface area contributed by atoms with Crippen LogP contribution in [0.3, 0.4) is 0 Å². The van der Waals surface area contributed by atoms with E-state index in [9.17, 15) is 9.59 Å². The van der Waals surface area contributed by atoms with E-state index in [-0.39, 0.29) is 11.8 Å². The number of likely N-dealkylation sites (tertiary alicyclic amines) is 1. The van der Waals surface area contributed by atoms with Gasteiger partial charge in [0.2, 0.25) is 5.91 Å². The lowest BCUT2D eigenvalue weighted by atomic mass is 9.92. The number of likely N-dealkylation sites (N-methyl/N-ethyl adjacent to an activating group) is 1. The number of piperazine rings is 1. The number of hydrogen-bond donors (Lipinski definition) is 0. The summed E-state index contributed by atoms with van der Waals surface area (Å²) in [7, 11) is 2.10. The van der Waals surface area contributed by atoms with Crippen molar-refractivity contribution in [2.75, 3.05) is 46.3 Å². The molecular formula is C24H32N4O2. The first-order valence-corrected chi connectivity index (χ1v) is 11.0. The van der Waals surface area contributed by atoms with E-state index in [2.05, 4.69) is 24.1 Å². The normalized spacial score (nSPS) is 18.6. The van der Waals surface area contributed by atoms with E-state index in [1.165, 1.54) is 5.56 Å². The molecule has 2 aromatic rings. The van der Waals surface area contributed by atoms with Gasteiger partial charge in [-0.2, -0.15) is 0 Å². The highest BCUT2D eigenvalue weighted by atomic mass is 16.2. The van der Waals surface area contributed by atoms with E-state index in [1.807, 2.05) is 50.9 Å². The average molecular weight is 409 g/mol. The second-order valence-electron chi connectivity index (χ2n) is 8.63. The molecule has 0 unspecified atom stereocenters. The molecule has 0 spiro atoms. The molecule has 1 aromatic carbocycles. The minimum absolute atomic E-state index is 0.0970. The Kier molecular flexibility index (Phi) is 6.53. The molecule has 2 amide bonds. The summed E-state index contributed by atoms with van der Waals surface area (Å²) < 4.78 is 2.03. The zero-order valence-electron chi connectivity index (χ0n) is 17.9. The summed E-state index contributed by atoms with van der Waals surface area (Å²) in [5.74, 6) is 0.765. The van der Waals surface area contributed by atoms with Crippen molar-refractivity contribution in [2.24, 2.45) is 5.92 Å². The summed E-state index contributed by atoms with van der Waals surface area (Å²) in [6.07, 6.45) is 4.41. The average Bonchev–Trinajstić information content (AvgIpc) is 3.23. The zero-order valence-corrected chi connectivity index (χ0v) is 17.9. The van der Waals surface area contributed by atoms with Gasteiger partial charge in [0.1, 0.15) is 5.69 Å². The van der Waals surface area contributed by atoms with Crippen LogP contribution in [-0.4, -0.2) is 77.4 Å². The molecule has 4 rings (SSSR count). The first-order chi connectivity index (χ1) is 14.6. The van der Waals surface area contributed by atoms with Crippen LogP contribution in [0.5, 0.6) is 0 Å². The van der Waals surface area contributed by atoms with Crippen LogP contribution in [0.1, 0.15) is 35.3 Å². The van der Waals surface area contributed by atoms with Crippen LogP contribution in [0.15, 0.2) is 48.7 Å². The van der Waals surface area contributed by atoms with Crippen molar-refractivity contribution in [2.45, 2.75) is 25.8 Å². The van der Waals surface area contributed by atoms with Gasteiger partial charge < -0.3 is 19.3 Å². The minimum atomic E-state index is 0.0970. The molecule has 0 saturated carbocycles. The summed E-state index contributed by atoms with van der Waals surface area (Å²) >= 11 is 0. The number of carbonyl (C=O) groups is 2.